The van der Waals surface area contributed by atoms with Crippen molar-refractivity contribution in [3.63, 3.8) is 0 Å². The standard InChI is InChI=1S/C14H12Cl2N2O/c1-14(17,10-4-7-12(16)18-8-10)13(19)9-2-5-11(15)6-3-9/h2-8H,17H2,1H3. The van der Waals surface area contributed by atoms with Crippen LogP contribution in [0.2, 0.25) is 10.2 Å². The average molecular weight is 295 g/mol. The van der Waals surface area contributed by atoms with E-state index in [0.717, 1.165) is 0 Å². The number of hydrogen-bond acceptors (Lipinski definition) is 3. The number of Topliss-reactive ketones (excluding diaryl/α,β-unsaturated/α-hetero) is 1. The molecule has 1 heterocycles. The summed E-state index contributed by atoms with van der Waals surface area (Å²) in [6, 6.07) is 9.93. The fraction of sp³-hybridized carbons (Fsp3) is 0.143. The molecule has 0 radical (unpaired) electrons. The second-order valence-electron chi connectivity index (χ2n) is 4.41. The van der Waals surface area contributed by atoms with Gasteiger partial charge in [0, 0.05) is 16.8 Å². The van der Waals surface area contributed by atoms with Crippen LogP contribution in [0.25, 0.3) is 0 Å². The predicted octanol–water partition coefficient (Wildman–Crippen LogP) is 3.45. The molecule has 1 aromatic carbocycles. The van der Waals surface area contributed by atoms with Gasteiger partial charge in [0.1, 0.15) is 10.7 Å². The van der Waals surface area contributed by atoms with E-state index in [-0.39, 0.29) is 5.78 Å². The fourth-order valence-corrected chi connectivity index (χ4v) is 1.95. The molecule has 0 aliphatic heterocycles. The SMILES string of the molecule is CC(N)(C(=O)c1ccc(Cl)cc1)c1ccc(Cl)nc1. The first-order valence-corrected chi connectivity index (χ1v) is 6.38. The monoisotopic (exact) mass is 294 g/mol. The Labute approximate surface area is 121 Å². The third-order valence-corrected chi connectivity index (χ3v) is 3.38. The van der Waals surface area contributed by atoms with Crippen LogP contribution >= 0.6 is 23.2 Å². The van der Waals surface area contributed by atoms with Gasteiger partial charge in [0.2, 0.25) is 0 Å². The predicted molar refractivity (Wildman–Crippen MR) is 76.6 cm³/mol. The van der Waals surface area contributed by atoms with Crippen molar-refractivity contribution in [1.29, 1.82) is 0 Å². The first kappa shape index (κ1) is 14.0. The summed E-state index contributed by atoms with van der Waals surface area (Å²) in [5, 5.41) is 0.932. The smallest absolute Gasteiger partial charge is 0.186 e. The van der Waals surface area contributed by atoms with Gasteiger partial charge in [-0.2, -0.15) is 0 Å². The minimum atomic E-state index is -1.16. The van der Waals surface area contributed by atoms with E-state index in [1.807, 2.05) is 0 Å². The molecule has 19 heavy (non-hydrogen) atoms. The van der Waals surface area contributed by atoms with Gasteiger partial charge in [0.05, 0.1) is 0 Å². The summed E-state index contributed by atoms with van der Waals surface area (Å²) in [6.07, 6.45) is 1.51. The molecule has 0 amide bonds. The first-order valence-electron chi connectivity index (χ1n) is 5.62. The summed E-state index contributed by atoms with van der Waals surface area (Å²) < 4.78 is 0. The molecule has 2 N–H and O–H groups in total. The van der Waals surface area contributed by atoms with Gasteiger partial charge < -0.3 is 5.73 Å². The van der Waals surface area contributed by atoms with Crippen molar-refractivity contribution in [2.24, 2.45) is 5.73 Å². The zero-order valence-corrected chi connectivity index (χ0v) is 11.7. The molecule has 0 saturated heterocycles. The minimum absolute atomic E-state index is 0.201. The Morgan fingerprint density at radius 1 is 1.16 bits per heavy atom. The molecule has 0 aliphatic rings. The zero-order valence-electron chi connectivity index (χ0n) is 10.2. The number of ketones is 1. The van der Waals surface area contributed by atoms with E-state index in [0.29, 0.717) is 21.3 Å². The Morgan fingerprint density at radius 2 is 1.79 bits per heavy atom. The highest BCUT2D eigenvalue weighted by molar-refractivity contribution is 6.30. The molecule has 5 heteroatoms. The maximum absolute atomic E-state index is 12.4. The van der Waals surface area contributed by atoms with E-state index in [4.69, 9.17) is 28.9 Å². The lowest BCUT2D eigenvalue weighted by Gasteiger charge is -2.23. The van der Waals surface area contributed by atoms with Crippen molar-refractivity contribution in [2.45, 2.75) is 12.5 Å². The Bertz CT molecular complexity index is 592. The van der Waals surface area contributed by atoms with Crippen molar-refractivity contribution < 1.29 is 4.79 Å². The third-order valence-electron chi connectivity index (χ3n) is 2.91. The number of aromatic nitrogens is 1. The maximum atomic E-state index is 12.4. The molecule has 0 spiro atoms. The van der Waals surface area contributed by atoms with E-state index >= 15 is 0 Å². The minimum Gasteiger partial charge on any atom is -0.315 e. The highest BCUT2D eigenvalue weighted by Crippen LogP contribution is 2.24. The molecule has 2 rings (SSSR count). The van der Waals surface area contributed by atoms with Crippen LogP contribution in [0, 0.1) is 0 Å². The molecule has 0 aliphatic carbocycles. The van der Waals surface area contributed by atoms with Gasteiger partial charge in [-0.25, -0.2) is 4.98 Å². The zero-order chi connectivity index (χ0) is 14.0. The summed E-state index contributed by atoms with van der Waals surface area (Å²) >= 11 is 11.5. The van der Waals surface area contributed by atoms with E-state index in [2.05, 4.69) is 4.98 Å². The highest BCUT2D eigenvalue weighted by Gasteiger charge is 2.31. The van der Waals surface area contributed by atoms with E-state index in [1.165, 1.54) is 6.20 Å². The Balaban J connectivity index is 2.35. The van der Waals surface area contributed by atoms with Gasteiger partial charge in [-0.3, -0.25) is 4.79 Å². The number of carbonyl (C=O) groups is 1. The molecule has 3 nitrogen and oxygen atoms in total. The van der Waals surface area contributed by atoms with Crippen LogP contribution in [0.3, 0.4) is 0 Å². The molecule has 2 aromatic rings. The molecule has 0 bridgehead atoms. The van der Waals surface area contributed by atoms with Crippen LogP contribution in [-0.4, -0.2) is 10.8 Å². The summed E-state index contributed by atoms with van der Waals surface area (Å²) in [5.41, 5.74) is 6.09. The molecule has 0 saturated carbocycles. The number of carbonyl (C=O) groups excluding carboxylic acids is 1. The van der Waals surface area contributed by atoms with Crippen molar-refractivity contribution in [2.75, 3.05) is 0 Å². The van der Waals surface area contributed by atoms with E-state index in [9.17, 15) is 4.79 Å². The normalized spacial score (nSPS) is 13.9. The van der Waals surface area contributed by atoms with Crippen LogP contribution in [0.4, 0.5) is 0 Å². The number of halogens is 2. The molecular weight excluding hydrogens is 283 g/mol. The van der Waals surface area contributed by atoms with Crippen LogP contribution < -0.4 is 5.73 Å². The second kappa shape index (κ2) is 5.29. The topological polar surface area (TPSA) is 56.0 Å². The van der Waals surface area contributed by atoms with Crippen molar-refractivity contribution in [1.82, 2.24) is 4.98 Å². The second-order valence-corrected chi connectivity index (χ2v) is 5.23. The van der Waals surface area contributed by atoms with E-state index in [1.54, 1.807) is 43.3 Å². The number of benzene rings is 1. The number of nitrogens with zero attached hydrogens (tertiary/aromatic N) is 1. The van der Waals surface area contributed by atoms with Crippen molar-refractivity contribution in [3.8, 4) is 0 Å². The van der Waals surface area contributed by atoms with E-state index < -0.39 is 5.54 Å². The number of nitrogens with two attached hydrogens (primary N) is 1. The molecule has 1 atom stereocenters. The lowest BCUT2D eigenvalue weighted by Crippen LogP contribution is -2.42. The van der Waals surface area contributed by atoms with Crippen LogP contribution in [0.15, 0.2) is 42.6 Å². The molecule has 98 valence electrons. The van der Waals surface area contributed by atoms with Gasteiger partial charge in [-0.1, -0.05) is 29.3 Å². The summed E-state index contributed by atoms with van der Waals surface area (Å²) in [4.78, 5) is 16.4. The maximum Gasteiger partial charge on any atom is 0.186 e. The van der Waals surface area contributed by atoms with Crippen LogP contribution in [-0.2, 0) is 5.54 Å². The average Bonchev–Trinajstić information content (AvgIpc) is 2.39. The van der Waals surface area contributed by atoms with Crippen molar-refractivity contribution in [3.05, 3.63) is 63.9 Å². The summed E-state index contributed by atoms with van der Waals surface area (Å²) in [7, 11) is 0. The third kappa shape index (κ3) is 2.95. The van der Waals surface area contributed by atoms with Gasteiger partial charge >= 0.3 is 0 Å². The molecule has 1 unspecified atom stereocenters. The largest absolute Gasteiger partial charge is 0.315 e. The Morgan fingerprint density at radius 3 is 2.32 bits per heavy atom. The van der Waals surface area contributed by atoms with Crippen LogP contribution in [0.5, 0.6) is 0 Å². The molecular formula is C14H12Cl2N2O. The highest BCUT2D eigenvalue weighted by atomic mass is 35.5. The van der Waals surface area contributed by atoms with Gasteiger partial charge in [0.15, 0.2) is 5.78 Å². The summed E-state index contributed by atoms with van der Waals surface area (Å²) in [6.45, 7) is 1.65. The first-order chi connectivity index (χ1) is 8.91. The number of rotatable bonds is 3. The molecule has 0 fully saturated rings. The van der Waals surface area contributed by atoms with Crippen LogP contribution in [0.1, 0.15) is 22.8 Å². The lowest BCUT2D eigenvalue weighted by molar-refractivity contribution is 0.0899. The van der Waals surface area contributed by atoms with Gasteiger partial charge in [-0.05, 0) is 42.8 Å². The quantitative estimate of drug-likeness (QED) is 0.697. The molecule has 1 aromatic heterocycles. The Hall–Kier alpha value is -1.42. The van der Waals surface area contributed by atoms with Crippen molar-refractivity contribution >= 4 is 29.0 Å². The van der Waals surface area contributed by atoms with Gasteiger partial charge in [0.25, 0.3) is 0 Å². The summed E-state index contributed by atoms with van der Waals surface area (Å²) in [5.74, 6) is -0.201. The van der Waals surface area contributed by atoms with Gasteiger partial charge in [-0.15, -0.1) is 0 Å². The number of pyridine rings is 1. The fourth-order valence-electron chi connectivity index (χ4n) is 1.72. The number of hydrogen-bond donors (Lipinski definition) is 1. The lowest BCUT2D eigenvalue weighted by atomic mass is 9.86. The Kier molecular flexibility index (Phi) is 3.90.